The number of aryl methyl sites for hydroxylation is 3. The zero-order valence-electron chi connectivity index (χ0n) is 14.8. The van der Waals surface area contributed by atoms with E-state index in [2.05, 4.69) is 10.6 Å². The van der Waals surface area contributed by atoms with Crippen LogP contribution in [0, 0.1) is 13.8 Å². The third-order valence-electron chi connectivity index (χ3n) is 3.96. The number of amides is 2. The van der Waals surface area contributed by atoms with Crippen molar-refractivity contribution in [2.45, 2.75) is 26.7 Å². The van der Waals surface area contributed by atoms with E-state index in [0.29, 0.717) is 24.1 Å². The molecule has 2 aromatic carbocycles. The molecule has 0 fully saturated rings. The fourth-order valence-corrected chi connectivity index (χ4v) is 2.42. The first-order valence-corrected chi connectivity index (χ1v) is 8.31. The van der Waals surface area contributed by atoms with Gasteiger partial charge in [-0.15, -0.1) is 0 Å². The molecule has 0 aliphatic rings. The molecular formula is C20H22N2O4. The summed E-state index contributed by atoms with van der Waals surface area (Å²) in [6, 6.07) is 12.6. The number of hydrogen-bond acceptors (Lipinski definition) is 3. The fourth-order valence-electron chi connectivity index (χ4n) is 2.42. The van der Waals surface area contributed by atoms with Gasteiger partial charge in [0.2, 0.25) is 11.8 Å². The summed E-state index contributed by atoms with van der Waals surface area (Å²) in [7, 11) is 0. The molecule has 0 atom stereocenters. The molecule has 0 unspecified atom stereocenters. The lowest BCUT2D eigenvalue weighted by Crippen LogP contribution is -2.33. The number of hydrogen-bond donors (Lipinski definition) is 3. The second kappa shape index (κ2) is 8.80. The third kappa shape index (κ3) is 5.73. The van der Waals surface area contributed by atoms with Gasteiger partial charge in [-0.3, -0.25) is 9.59 Å². The summed E-state index contributed by atoms with van der Waals surface area (Å²) >= 11 is 0. The Bertz CT molecular complexity index is 813. The number of benzene rings is 2. The van der Waals surface area contributed by atoms with E-state index in [-0.39, 0.29) is 18.0 Å². The van der Waals surface area contributed by atoms with E-state index < -0.39 is 11.9 Å². The van der Waals surface area contributed by atoms with Crippen molar-refractivity contribution in [2.75, 3.05) is 11.9 Å². The summed E-state index contributed by atoms with van der Waals surface area (Å²) in [5.41, 5.74) is 3.35. The highest BCUT2D eigenvalue weighted by atomic mass is 16.4. The molecule has 3 N–H and O–H groups in total. The molecule has 0 saturated heterocycles. The molecule has 0 bridgehead atoms. The van der Waals surface area contributed by atoms with Crippen LogP contribution in [0.4, 0.5) is 5.69 Å². The smallest absolute Gasteiger partial charge is 0.336 e. The van der Waals surface area contributed by atoms with E-state index in [0.717, 1.165) is 11.1 Å². The monoisotopic (exact) mass is 354 g/mol. The minimum atomic E-state index is -1.05. The summed E-state index contributed by atoms with van der Waals surface area (Å²) < 4.78 is 0. The second-order valence-corrected chi connectivity index (χ2v) is 6.15. The van der Waals surface area contributed by atoms with E-state index in [1.165, 1.54) is 6.07 Å². The SMILES string of the molecule is Cc1ccc(CCC(=O)NCC(=O)Nc2ccc(C)c(C(=O)O)c2)cc1. The molecule has 0 saturated carbocycles. The van der Waals surface area contributed by atoms with Gasteiger partial charge in [0.1, 0.15) is 0 Å². The van der Waals surface area contributed by atoms with Crippen LogP contribution in [-0.2, 0) is 16.0 Å². The van der Waals surface area contributed by atoms with Crippen molar-refractivity contribution < 1.29 is 19.5 Å². The van der Waals surface area contributed by atoms with Gasteiger partial charge in [0.25, 0.3) is 0 Å². The molecule has 0 aromatic heterocycles. The number of anilines is 1. The van der Waals surface area contributed by atoms with Gasteiger partial charge in [-0.2, -0.15) is 0 Å². The van der Waals surface area contributed by atoms with Crippen molar-refractivity contribution in [2.24, 2.45) is 0 Å². The lowest BCUT2D eigenvalue weighted by molar-refractivity contribution is -0.124. The summed E-state index contributed by atoms with van der Waals surface area (Å²) in [6.45, 7) is 3.52. The molecule has 26 heavy (non-hydrogen) atoms. The lowest BCUT2D eigenvalue weighted by atomic mass is 10.1. The molecule has 0 heterocycles. The number of carboxylic acids is 1. The van der Waals surface area contributed by atoms with Crippen molar-refractivity contribution in [3.63, 3.8) is 0 Å². The van der Waals surface area contributed by atoms with Gasteiger partial charge in [-0.05, 0) is 43.5 Å². The van der Waals surface area contributed by atoms with Crippen molar-refractivity contribution in [1.82, 2.24) is 5.32 Å². The van der Waals surface area contributed by atoms with Crippen LogP contribution in [0.3, 0.4) is 0 Å². The Labute approximate surface area is 152 Å². The van der Waals surface area contributed by atoms with E-state index in [4.69, 9.17) is 5.11 Å². The number of carbonyl (C=O) groups is 3. The summed E-state index contributed by atoms with van der Waals surface area (Å²) in [4.78, 5) is 34.9. The Hall–Kier alpha value is -3.15. The average molecular weight is 354 g/mol. The van der Waals surface area contributed by atoms with Crippen LogP contribution in [0.15, 0.2) is 42.5 Å². The van der Waals surface area contributed by atoms with E-state index in [9.17, 15) is 14.4 Å². The van der Waals surface area contributed by atoms with Crippen molar-refractivity contribution >= 4 is 23.5 Å². The summed E-state index contributed by atoms with van der Waals surface area (Å²) in [5.74, 6) is -1.67. The maximum Gasteiger partial charge on any atom is 0.336 e. The largest absolute Gasteiger partial charge is 0.478 e. The van der Waals surface area contributed by atoms with Crippen LogP contribution >= 0.6 is 0 Å². The fraction of sp³-hybridized carbons (Fsp3) is 0.250. The topological polar surface area (TPSA) is 95.5 Å². The molecule has 0 aliphatic carbocycles. The first-order valence-electron chi connectivity index (χ1n) is 8.31. The molecule has 0 radical (unpaired) electrons. The maximum absolute atomic E-state index is 11.9. The maximum atomic E-state index is 11.9. The highest BCUT2D eigenvalue weighted by Gasteiger charge is 2.10. The second-order valence-electron chi connectivity index (χ2n) is 6.15. The Balaban J connectivity index is 1.79. The number of carboxylic acid groups (broad SMARTS) is 1. The van der Waals surface area contributed by atoms with Crippen LogP contribution in [0.25, 0.3) is 0 Å². The predicted octanol–water partition coefficient (Wildman–Crippen LogP) is 2.69. The number of carbonyl (C=O) groups excluding carboxylic acids is 2. The van der Waals surface area contributed by atoms with Gasteiger partial charge < -0.3 is 15.7 Å². The molecule has 2 aromatic rings. The molecule has 2 rings (SSSR count). The van der Waals surface area contributed by atoms with E-state index in [1.807, 2.05) is 31.2 Å². The minimum absolute atomic E-state index is 0.130. The van der Waals surface area contributed by atoms with Crippen molar-refractivity contribution in [1.29, 1.82) is 0 Å². The van der Waals surface area contributed by atoms with Gasteiger partial charge in [-0.1, -0.05) is 35.9 Å². The number of nitrogens with one attached hydrogen (secondary N) is 2. The van der Waals surface area contributed by atoms with Gasteiger partial charge in [0.05, 0.1) is 12.1 Å². The van der Waals surface area contributed by atoms with Crippen LogP contribution in [0.5, 0.6) is 0 Å². The molecular weight excluding hydrogens is 332 g/mol. The predicted molar refractivity (Wildman–Crippen MR) is 99.3 cm³/mol. The Morgan fingerprint density at radius 1 is 0.962 bits per heavy atom. The Kier molecular flexibility index (Phi) is 6.49. The van der Waals surface area contributed by atoms with E-state index in [1.54, 1.807) is 19.1 Å². The van der Waals surface area contributed by atoms with E-state index >= 15 is 0 Å². The molecule has 0 aliphatic heterocycles. The average Bonchev–Trinajstić information content (AvgIpc) is 2.61. The van der Waals surface area contributed by atoms with Gasteiger partial charge >= 0.3 is 5.97 Å². The third-order valence-corrected chi connectivity index (χ3v) is 3.96. The van der Waals surface area contributed by atoms with Crippen molar-refractivity contribution in [3.05, 3.63) is 64.7 Å². The quantitative estimate of drug-likeness (QED) is 0.712. The highest BCUT2D eigenvalue weighted by molar-refractivity contribution is 5.96. The number of aromatic carboxylic acids is 1. The lowest BCUT2D eigenvalue weighted by Gasteiger charge is -2.09. The van der Waals surface area contributed by atoms with Crippen LogP contribution < -0.4 is 10.6 Å². The summed E-state index contributed by atoms with van der Waals surface area (Å²) in [6.07, 6.45) is 0.900. The van der Waals surface area contributed by atoms with Crippen LogP contribution in [0.2, 0.25) is 0 Å². The molecule has 6 heteroatoms. The minimum Gasteiger partial charge on any atom is -0.478 e. The van der Waals surface area contributed by atoms with Crippen molar-refractivity contribution in [3.8, 4) is 0 Å². The normalized spacial score (nSPS) is 10.2. The van der Waals surface area contributed by atoms with Gasteiger partial charge in [0.15, 0.2) is 0 Å². The Morgan fingerprint density at radius 2 is 1.65 bits per heavy atom. The zero-order valence-corrected chi connectivity index (χ0v) is 14.8. The first-order chi connectivity index (χ1) is 12.3. The highest BCUT2D eigenvalue weighted by Crippen LogP contribution is 2.15. The molecule has 136 valence electrons. The van der Waals surface area contributed by atoms with Gasteiger partial charge in [0, 0.05) is 12.1 Å². The summed E-state index contributed by atoms with van der Waals surface area (Å²) in [5, 5.41) is 14.2. The molecule has 2 amide bonds. The van der Waals surface area contributed by atoms with Crippen LogP contribution in [0.1, 0.15) is 33.5 Å². The zero-order chi connectivity index (χ0) is 19.1. The molecule has 0 spiro atoms. The van der Waals surface area contributed by atoms with Gasteiger partial charge in [-0.25, -0.2) is 4.79 Å². The first kappa shape index (κ1) is 19.2. The number of rotatable bonds is 7. The Morgan fingerprint density at radius 3 is 2.31 bits per heavy atom. The molecule has 6 nitrogen and oxygen atoms in total. The van der Waals surface area contributed by atoms with Crippen LogP contribution in [-0.4, -0.2) is 29.4 Å². The standard InChI is InChI=1S/C20H22N2O4/c1-13-3-6-15(7-4-13)8-10-18(23)21-12-19(24)22-16-9-5-14(2)17(11-16)20(25)26/h3-7,9,11H,8,10,12H2,1-2H3,(H,21,23)(H,22,24)(H,25,26).